The zero-order chi connectivity index (χ0) is 10.2. The minimum absolute atomic E-state index is 0.216. The number of hydrogen-bond acceptors (Lipinski definition) is 1. The van der Waals surface area contributed by atoms with Gasteiger partial charge in [-0.25, -0.2) is 0 Å². The summed E-state index contributed by atoms with van der Waals surface area (Å²) in [6.07, 6.45) is 11.0. The van der Waals surface area contributed by atoms with Crippen LogP contribution in [0.2, 0.25) is 0 Å². The first-order valence-corrected chi connectivity index (χ1v) is 6.31. The summed E-state index contributed by atoms with van der Waals surface area (Å²) in [7, 11) is 0. The molecule has 2 aliphatic rings. The summed E-state index contributed by atoms with van der Waals surface area (Å²) in [5.41, 5.74) is 7.27. The smallest absolute Gasteiger partial charge is 0.0193 e. The van der Waals surface area contributed by atoms with E-state index in [1.54, 1.807) is 0 Å². The van der Waals surface area contributed by atoms with E-state index < -0.39 is 0 Å². The zero-order valence-corrected chi connectivity index (χ0v) is 9.81. The van der Waals surface area contributed by atoms with Gasteiger partial charge >= 0.3 is 0 Å². The summed E-state index contributed by atoms with van der Waals surface area (Å²) in [6.45, 7) is 4.71. The average Bonchev–Trinajstić information content (AvgIpc) is 2.27. The van der Waals surface area contributed by atoms with Crippen molar-refractivity contribution in [2.75, 3.05) is 0 Å². The minimum Gasteiger partial charge on any atom is -0.325 e. The van der Waals surface area contributed by atoms with Crippen LogP contribution < -0.4 is 5.73 Å². The average molecular weight is 195 g/mol. The lowest BCUT2D eigenvalue weighted by molar-refractivity contribution is 0.0107. The van der Waals surface area contributed by atoms with Crippen molar-refractivity contribution in [3.63, 3.8) is 0 Å². The Hall–Kier alpha value is -0.0400. The lowest BCUT2D eigenvalue weighted by Gasteiger charge is -2.55. The summed E-state index contributed by atoms with van der Waals surface area (Å²) >= 11 is 0. The molecule has 0 aromatic carbocycles. The van der Waals surface area contributed by atoms with Crippen LogP contribution in [0.1, 0.15) is 65.2 Å². The van der Waals surface area contributed by atoms with Gasteiger partial charge in [-0.1, -0.05) is 39.5 Å². The minimum atomic E-state index is 0.216. The second kappa shape index (κ2) is 3.52. The second-order valence-electron chi connectivity index (χ2n) is 6.44. The molecule has 0 radical (unpaired) electrons. The fourth-order valence-corrected chi connectivity index (χ4v) is 3.87. The van der Waals surface area contributed by atoms with E-state index in [-0.39, 0.29) is 5.54 Å². The van der Waals surface area contributed by atoms with Crippen LogP contribution in [-0.2, 0) is 0 Å². The molecule has 0 unspecified atom stereocenters. The molecular weight excluding hydrogens is 170 g/mol. The topological polar surface area (TPSA) is 26.0 Å². The molecular formula is C13H25N. The molecule has 0 aliphatic heterocycles. The fourth-order valence-electron chi connectivity index (χ4n) is 3.87. The number of nitrogens with two attached hydrogens (primary N) is 1. The Balaban J connectivity index is 1.94. The van der Waals surface area contributed by atoms with Gasteiger partial charge in [0.15, 0.2) is 0 Å². The molecule has 0 saturated heterocycles. The third-order valence-electron chi connectivity index (χ3n) is 4.28. The molecule has 0 atom stereocenters. The first-order valence-electron chi connectivity index (χ1n) is 6.31. The summed E-state index contributed by atoms with van der Waals surface area (Å²) in [6, 6.07) is 0. The third kappa shape index (κ3) is 1.98. The predicted molar refractivity (Wildman–Crippen MR) is 61.1 cm³/mol. The van der Waals surface area contributed by atoms with Gasteiger partial charge in [0.05, 0.1) is 0 Å². The molecule has 2 fully saturated rings. The van der Waals surface area contributed by atoms with Crippen LogP contribution in [0, 0.1) is 11.3 Å². The molecule has 2 aliphatic carbocycles. The molecule has 14 heavy (non-hydrogen) atoms. The van der Waals surface area contributed by atoms with Crippen molar-refractivity contribution < 1.29 is 0 Å². The predicted octanol–water partition coefficient (Wildman–Crippen LogP) is 3.47. The first kappa shape index (κ1) is 10.5. The van der Waals surface area contributed by atoms with Crippen molar-refractivity contribution in [3.05, 3.63) is 0 Å². The molecule has 2 N–H and O–H groups in total. The molecule has 0 aromatic heterocycles. The molecule has 0 bridgehead atoms. The summed E-state index contributed by atoms with van der Waals surface area (Å²) in [4.78, 5) is 0. The van der Waals surface area contributed by atoms with Gasteiger partial charge in [0, 0.05) is 5.54 Å². The van der Waals surface area contributed by atoms with Gasteiger partial charge in [-0.05, 0) is 37.0 Å². The highest BCUT2D eigenvalue weighted by Crippen LogP contribution is 2.52. The van der Waals surface area contributed by atoms with E-state index in [1.165, 1.54) is 51.4 Å². The van der Waals surface area contributed by atoms with Crippen LogP contribution in [0.3, 0.4) is 0 Å². The molecule has 1 heteroatoms. The molecule has 82 valence electrons. The van der Waals surface area contributed by atoms with E-state index in [2.05, 4.69) is 13.8 Å². The lowest BCUT2D eigenvalue weighted by atomic mass is 9.54. The SMILES string of the molecule is CC1(C)CC(N)(C2CCCCCC2)C1. The highest BCUT2D eigenvalue weighted by Gasteiger charge is 2.50. The second-order valence-corrected chi connectivity index (χ2v) is 6.44. The van der Waals surface area contributed by atoms with Crippen LogP contribution in [0.25, 0.3) is 0 Å². The van der Waals surface area contributed by atoms with E-state index in [9.17, 15) is 0 Å². The Bertz CT molecular complexity index is 191. The van der Waals surface area contributed by atoms with Gasteiger partial charge in [-0.15, -0.1) is 0 Å². The molecule has 0 amide bonds. The van der Waals surface area contributed by atoms with E-state index >= 15 is 0 Å². The lowest BCUT2D eigenvalue weighted by Crippen LogP contribution is -2.60. The summed E-state index contributed by atoms with van der Waals surface area (Å²) < 4.78 is 0. The van der Waals surface area contributed by atoms with Crippen molar-refractivity contribution in [1.82, 2.24) is 0 Å². The van der Waals surface area contributed by atoms with Gasteiger partial charge in [0.1, 0.15) is 0 Å². The van der Waals surface area contributed by atoms with Gasteiger partial charge in [-0.3, -0.25) is 0 Å². The maximum Gasteiger partial charge on any atom is 0.0193 e. The molecule has 2 rings (SSSR count). The Kier molecular flexibility index (Phi) is 2.63. The maximum absolute atomic E-state index is 6.52. The van der Waals surface area contributed by atoms with Crippen LogP contribution in [0.5, 0.6) is 0 Å². The largest absolute Gasteiger partial charge is 0.325 e. The fraction of sp³-hybridized carbons (Fsp3) is 1.00. The maximum atomic E-state index is 6.52. The van der Waals surface area contributed by atoms with Crippen LogP contribution >= 0.6 is 0 Å². The van der Waals surface area contributed by atoms with Gasteiger partial charge in [0.2, 0.25) is 0 Å². The molecule has 2 saturated carbocycles. The number of hydrogen-bond donors (Lipinski definition) is 1. The van der Waals surface area contributed by atoms with Crippen molar-refractivity contribution >= 4 is 0 Å². The van der Waals surface area contributed by atoms with Gasteiger partial charge in [-0.2, -0.15) is 0 Å². The van der Waals surface area contributed by atoms with E-state index in [0.717, 1.165) is 5.92 Å². The van der Waals surface area contributed by atoms with Crippen molar-refractivity contribution in [2.45, 2.75) is 70.8 Å². The molecule has 0 spiro atoms. The van der Waals surface area contributed by atoms with Gasteiger partial charge < -0.3 is 5.73 Å². The van der Waals surface area contributed by atoms with E-state index in [4.69, 9.17) is 5.73 Å². The van der Waals surface area contributed by atoms with Crippen molar-refractivity contribution in [3.8, 4) is 0 Å². The van der Waals surface area contributed by atoms with E-state index in [0.29, 0.717) is 5.41 Å². The quantitative estimate of drug-likeness (QED) is 0.637. The van der Waals surface area contributed by atoms with Crippen molar-refractivity contribution in [1.29, 1.82) is 0 Å². The Morgan fingerprint density at radius 3 is 1.86 bits per heavy atom. The first-order chi connectivity index (χ1) is 6.52. The Labute approximate surface area is 88.4 Å². The summed E-state index contributed by atoms with van der Waals surface area (Å²) in [5.74, 6) is 0.832. The monoisotopic (exact) mass is 195 g/mol. The molecule has 0 heterocycles. The highest BCUT2D eigenvalue weighted by atomic mass is 14.8. The highest BCUT2D eigenvalue weighted by molar-refractivity contribution is 5.06. The van der Waals surface area contributed by atoms with Crippen LogP contribution in [-0.4, -0.2) is 5.54 Å². The number of rotatable bonds is 1. The zero-order valence-electron chi connectivity index (χ0n) is 9.81. The standard InChI is InChI=1S/C13H25N/c1-12(2)9-13(14,10-12)11-7-5-3-4-6-8-11/h11H,3-10,14H2,1-2H3. The van der Waals surface area contributed by atoms with Gasteiger partial charge in [0.25, 0.3) is 0 Å². The summed E-state index contributed by atoms with van der Waals surface area (Å²) in [5, 5.41) is 0. The molecule has 0 aromatic rings. The van der Waals surface area contributed by atoms with Crippen LogP contribution in [0.4, 0.5) is 0 Å². The van der Waals surface area contributed by atoms with Crippen molar-refractivity contribution in [2.24, 2.45) is 17.1 Å². The Morgan fingerprint density at radius 1 is 0.929 bits per heavy atom. The Morgan fingerprint density at radius 2 is 1.43 bits per heavy atom. The van der Waals surface area contributed by atoms with Crippen LogP contribution in [0.15, 0.2) is 0 Å². The third-order valence-corrected chi connectivity index (χ3v) is 4.28. The normalized spacial score (nSPS) is 31.9. The van der Waals surface area contributed by atoms with E-state index in [1.807, 2.05) is 0 Å². The molecule has 1 nitrogen and oxygen atoms in total.